The number of anilines is 1. The third-order valence-electron chi connectivity index (χ3n) is 4.93. The Morgan fingerprint density at radius 1 is 1.11 bits per heavy atom. The zero-order valence-electron chi connectivity index (χ0n) is 16.1. The summed E-state index contributed by atoms with van der Waals surface area (Å²) in [4.78, 5) is 14.6. The van der Waals surface area contributed by atoms with Crippen LogP contribution in [-0.4, -0.2) is 46.5 Å². The number of sulfonamides is 1. The third kappa shape index (κ3) is 4.04. The smallest absolute Gasteiger partial charge is 0.264 e. The Balaban J connectivity index is 1.85. The van der Waals surface area contributed by atoms with Crippen molar-refractivity contribution in [1.29, 1.82) is 0 Å². The lowest BCUT2D eigenvalue weighted by Crippen LogP contribution is -2.36. The maximum absolute atomic E-state index is 13.0. The summed E-state index contributed by atoms with van der Waals surface area (Å²) in [5.74, 6) is 0.489. The molecule has 28 heavy (non-hydrogen) atoms. The molecule has 0 spiro atoms. The van der Waals surface area contributed by atoms with Crippen LogP contribution in [0.5, 0.6) is 5.75 Å². The van der Waals surface area contributed by atoms with E-state index in [1.54, 1.807) is 48.4 Å². The molecule has 148 valence electrons. The summed E-state index contributed by atoms with van der Waals surface area (Å²) in [5.41, 5.74) is 2.02. The zero-order chi connectivity index (χ0) is 20.3. The van der Waals surface area contributed by atoms with Gasteiger partial charge in [0, 0.05) is 25.7 Å². The van der Waals surface area contributed by atoms with Crippen LogP contribution in [-0.2, 0) is 10.0 Å². The van der Waals surface area contributed by atoms with E-state index in [1.165, 1.54) is 23.5 Å². The summed E-state index contributed by atoms with van der Waals surface area (Å²) < 4.78 is 32.4. The monoisotopic (exact) mass is 400 g/mol. The molecule has 0 bridgehead atoms. The third-order valence-corrected chi connectivity index (χ3v) is 6.71. The van der Waals surface area contributed by atoms with Gasteiger partial charge in [-0.3, -0.25) is 9.10 Å². The van der Waals surface area contributed by atoms with Crippen LogP contribution in [0.25, 0.3) is 0 Å². The van der Waals surface area contributed by atoms with E-state index in [9.17, 15) is 13.2 Å². The summed E-state index contributed by atoms with van der Waals surface area (Å²) in [6.45, 7) is 5.18. The number of hydrogen-bond acceptors (Lipinski definition) is 4. The van der Waals surface area contributed by atoms with E-state index in [-0.39, 0.29) is 10.8 Å². The van der Waals surface area contributed by atoms with Crippen LogP contribution in [0.1, 0.15) is 23.2 Å². The first-order chi connectivity index (χ1) is 13.3. The highest BCUT2D eigenvalue weighted by atomic mass is 32.2. The average Bonchev–Trinajstić information content (AvgIpc) is 2.73. The molecule has 0 aliphatic carbocycles. The van der Waals surface area contributed by atoms with Crippen LogP contribution in [0, 0.1) is 0 Å². The van der Waals surface area contributed by atoms with Crippen molar-refractivity contribution in [1.82, 2.24) is 4.90 Å². The Morgan fingerprint density at radius 2 is 1.75 bits per heavy atom. The summed E-state index contributed by atoms with van der Waals surface area (Å²) >= 11 is 0. The lowest BCUT2D eigenvalue weighted by molar-refractivity contribution is 0.0743. The maximum Gasteiger partial charge on any atom is 0.264 e. The minimum atomic E-state index is -3.80. The van der Waals surface area contributed by atoms with Crippen LogP contribution in [0.2, 0.25) is 0 Å². The summed E-state index contributed by atoms with van der Waals surface area (Å²) in [7, 11) is -0.760. The van der Waals surface area contributed by atoms with Crippen molar-refractivity contribution < 1.29 is 17.9 Å². The summed E-state index contributed by atoms with van der Waals surface area (Å²) in [6, 6.07) is 12.9. The molecule has 0 aromatic heterocycles. The van der Waals surface area contributed by atoms with Crippen LogP contribution in [0.3, 0.4) is 0 Å². The number of piperidine rings is 1. The topological polar surface area (TPSA) is 66.9 Å². The van der Waals surface area contributed by atoms with Crippen LogP contribution < -0.4 is 9.04 Å². The molecule has 0 radical (unpaired) electrons. The molecule has 3 rings (SSSR count). The number of benzene rings is 2. The molecule has 1 aliphatic heterocycles. The van der Waals surface area contributed by atoms with Gasteiger partial charge in [0.2, 0.25) is 0 Å². The van der Waals surface area contributed by atoms with Crippen LogP contribution in [0.4, 0.5) is 5.69 Å². The van der Waals surface area contributed by atoms with Crippen molar-refractivity contribution >= 4 is 21.6 Å². The lowest BCUT2D eigenvalue weighted by atomic mass is 10.0. The van der Waals surface area contributed by atoms with Crippen LogP contribution in [0.15, 0.2) is 65.6 Å². The standard InChI is InChI=1S/C21H24N2O4S/c1-16-11-13-23(14-12-16)21(24)17-5-4-6-20(15-17)28(25,26)22(2)18-7-9-19(27-3)10-8-18/h4-10,15H,1,11-14H2,2-3H3. The molecule has 1 aliphatic rings. The normalized spacial score (nSPS) is 14.6. The van der Waals surface area contributed by atoms with Gasteiger partial charge in [0.05, 0.1) is 17.7 Å². The first kappa shape index (κ1) is 19.9. The first-order valence-electron chi connectivity index (χ1n) is 9.02. The average molecular weight is 401 g/mol. The highest BCUT2D eigenvalue weighted by molar-refractivity contribution is 7.92. The largest absolute Gasteiger partial charge is 0.497 e. The van der Waals surface area contributed by atoms with Gasteiger partial charge in [-0.05, 0) is 55.3 Å². The fraction of sp³-hybridized carbons (Fsp3) is 0.286. The number of ether oxygens (including phenoxy) is 1. The number of methoxy groups -OCH3 is 1. The fourth-order valence-electron chi connectivity index (χ4n) is 3.09. The highest BCUT2D eigenvalue weighted by Crippen LogP contribution is 2.25. The minimum absolute atomic E-state index is 0.0816. The molecule has 0 N–H and O–H groups in total. The molecule has 0 unspecified atom stereocenters. The number of likely N-dealkylation sites (tertiary alicyclic amines) is 1. The molecule has 6 nitrogen and oxygen atoms in total. The molecular weight excluding hydrogens is 376 g/mol. The van der Waals surface area contributed by atoms with Crippen LogP contribution >= 0.6 is 0 Å². The zero-order valence-corrected chi connectivity index (χ0v) is 16.9. The summed E-state index contributed by atoms with van der Waals surface area (Å²) in [6.07, 6.45) is 1.56. The minimum Gasteiger partial charge on any atom is -0.497 e. The number of amides is 1. The van der Waals surface area contributed by atoms with Gasteiger partial charge in [-0.25, -0.2) is 8.42 Å². The molecule has 1 saturated heterocycles. The number of carbonyl (C=O) groups excluding carboxylic acids is 1. The van der Waals surface area contributed by atoms with E-state index >= 15 is 0 Å². The molecule has 7 heteroatoms. The second kappa shape index (κ2) is 8.06. The van der Waals surface area contributed by atoms with Crippen molar-refractivity contribution in [3.05, 3.63) is 66.2 Å². The van der Waals surface area contributed by atoms with E-state index in [4.69, 9.17) is 4.74 Å². The quantitative estimate of drug-likeness (QED) is 0.722. The van der Waals surface area contributed by atoms with Gasteiger partial charge in [0.25, 0.3) is 15.9 Å². The number of carbonyl (C=O) groups is 1. The Morgan fingerprint density at radius 3 is 2.36 bits per heavy atom. The molecule has 0 saturated carbocycles. The Labute approximate surface area is 166 Å². The number of nitrogens with zero attached hydrogens (tertiary/aromatic N) is 2. The van der Waals surface area contributed by atoms with Crippen molar-refractivity contribution in [2.75, 3.05) is 31.6 Å². The first-order valence-corrected chi connectivity index (χ1v) is 10.5. The summed E-state index contributed by atoms with van der Waals surface area (Å²) in [5, 5.41) is 0. The lowest BCUT2D eigenvalue weighted by Gasteiger charge is -2.28. The van der Waals surface area contributed by atoms with E-state index in [2.05, 4.69) is 6.58 Å². The van der Waals surface area contributed by atoms with Crippen molar-refractivity contribution in [2.24, 2.45) is 0 Å². The van der Waals surface area contributed by atoms with E-state index in [0.29, 0.717) is 30.1 Å². The van der Waals surface area contributed by atoms with E-state index in [1.807, 2.05) is 0 Å². The molecule has 1 amide bonds. The Hall–Kier alpha value is -2.80. The van der Waals surface area contributed by atoms with Gasteiger partial charge in [-0.15, -0.1) is 0 Å². The predicted molar refractivity (Wildman–Crippen MR) is 109 cm³/mol. The second-order valence-electron chi connectivity index (χ2n) is 6.74. The molecule has 0 atom stereocenters. The highest BCUT2D eigenvalue weighted by Gasteiger charge is 2.24. The SMILES string of the molecule is C=C1CCN(C(=O)c2cccc(S(=O)(=O)N(C)c3ccc(OC)cc3)c2)CC1. The maximum atomic E-state index is 13.0. The molecule has 2 aromatic carbocycles. The van der Waals surface area contributed by atoms with Crippen molar-refractivity contribution in [3.8, 4) is 5.75 Å². The van der Waals surface area contributed by atoms with E-state index < -0.39 is 10.0 Å². The van der Waals surface area contributed by atoms with E-state index in [0.717, 1.165) is 18.4 Å². The Bertz CT molecular complexity index is 974. The Kier molecular flexibility index (Phi) is 5.74. The molecule has 1 fully saturated rings. The second-order valence-corrected chi connectivity index (χ2v) is 8.71. The molecule has 2 aromatic rings. The number of rotatable bonds is 5. The van der Waals surface area contributed by atoms with Gasteiger partial charge in [-0.1, -0.05) is 18.2 Å². The van der Waals surface area contributed by atoms with Gasteiger partial charge in [-0.2, -0.15) is 0 Å². The molecular formula is C21H24N2O4S. The van der Waals surface area contributed by atoms with Gasteiger partial charge in [0.1, 0.15) is 5.75 Å². The predicted octanol–water partition coefficient (Wildman–Crippen LogP) is 3.31. The number of hydrogen-bond donors (Lipinski definition) is 0. The van der Waals surface area contributed by atoms with Gasteiger partial charge < -0.3 is 9.64 Å². The molecule has 1 heterocycles. The van der Waals surface area contributed by atoms with Gasteiger partial charge in [0.15, 0.2) is 0 Å². The van der Waals surface area contributed by atoms with Gasteiger partial charge >= 0.3 is 0 Å². The fourth-order valence-corrected chi connectivity index (χ4v) is 4.33. The van der Waals surface area contributed by atoms with Crippen molar-refractivity contribution in [3.63, 3.8) is 0 Å². The van der Waals surface area contributed by atoms with Crippen molar-refractivity contribution in [2.45, 2.75) is 17.7 Å².